The van der Waals surface area contributed by atoms with Gasteiger partial charge in [-0.2, -0.15) is 0 Å². The van der Waals surface area contributed by atoms with Gasteiger partial charge >= 0.3 is 5.69 Å². The number of H-pyrrole nitrogens is 1. The second kappa shape index (κ2) is 9.45. The first-order chi connectivity index (χ1) is 14.4. The Morgan fingerprint density at radius 1 is 1.13 bits per heavy atom. The molecule has 0 bridgehead atoms. The van der Waals surface area contributed by atoms with Crippen LogP contribution in [-0.2, 0) is 13.1 Å². The van der Waals surface area contributed by atoms with E-state index in [9.17, 15) is 14.4 Å². The average Bonchev–Trinajstić information content (AvgIpc) is 2.73. The van der Waals surface area contributed by atoms with Crippen molar-refractivity contribution in [3.8, 4) is 0 Å². The van der Waals surface area contributed by atoms with E-state index in [1.54, 1.807) is 18.2 Å². The number of rotatable bonds is 7. The number of hydrogen-bond acceptors (Lipinski definition) is 4. The lowest BCUT2D eigenvalue weighted by Gasteiger charge is -2.25. The Labute approximate surface area is 178 Å². The number of unbranched alkanes of at least 4 members (excludes halogenated alkanes) is 1. The van der Waals surface area contributed by atoms with Gasteiger partial charge in [0.25, 0.3) is 11.5 Å². The fourth-order valence-corrected chi connectivity index (χ4v) is 3.36. The molecule has 0 radical (unpaired) electrons. The number of amides is 1. The van der Waals surface area contributed by atoms with Crippen LogP contribution in [0.1, 0.15) is 35.7 Å². The van der Waals surface area contributed by atoms with Crippen LogP contribution in [0, 0.1) is 0 Å². The molecule has 0 saturated heterocycles. The number of aromatic amines is 1. The molecule has 1 heterocycles. The van der Waals surface area contributed by atoms with E-state index >= 15 is 0 Å². The number of aromatic nitrogens is 2. The molecule has 0 atom stereocenters. The Hall–Kier alpha value is -3.32. The van der Waals surface area contributed by atoms with Crippen LogP contribution in [0.5, 0.6) is 0 Å². The Balaban J connectivity index is 2.16. The molecule has 8 heteroatoms. The molecule has 3 N–H and O–H groups in total. The van der Waals surface area contributed by atoms with Crippen LogP contribution >= 0.6 is 11.6 Å². The molecule has 30 heavy (non-hydrogen) atoms. The highest BCUT2D eigenvalue weighted by Gasteiger charge is 2.25. The van der Waals surface area contributed by atoms with Gasteiger partial charge in [0.1, 0.15) is 5.82 Å². The number of nitrogens with two attached hydrogens (primary N) is 1. The number of carbonyl (C=O) groups excluding carboxylic acids is 1. The molecule has 0 aliphatic rings. The van der Waals surface area contributed by atoms with Crippen molar-refractivity contribution >= 4 is 29.0 Å². The van der Waals surface area contributed by atoms with E-state index in [1.165, 1.54) is 15.5 Å². The zero-order valence-corrected chi connectivity index (χ0v) is 17.4. The van der Waals surface area contributed by atoms with Crippen molar-refractivity contribution in [1.82, 2.24) is 9.55 Å². The Morgan fingerprint density at radius 2 is 1.87 bits per heavy atom. The predicted octanol–water partition coefficient (Wildman–Crippen LogP) is 3.42. The minimum atomic E-state index is -0.712. The Kier molecular flexibility index (Phi) is 6.74. The molecule has 1 amide bonds. The van der Waals surface area contributed by atoms with Gasteiger partial charge in [-0.3, -0.25) is 24.0 Å². The second-order valence-electron chi connectivity index (χ2n) is 6.89. The third kappa shape index (κ3) is 4.63. The summed E-state index contributed by atoms with van der Waals surface area (Å²) in [6.07, 6.45) is 1.55. The molecule has 0 unspecified atom stereocenters. The minimum Gasteiger partial charge on any atom is -0.383 e. The SMILES string of the molecule is CCCCn1c(N)c(N(Cc2ccccc2)C(=O)c2cccc(Cl)c2)c(=O)[nH]c1=O. The lowest BCUT2D eigenvalue weighted by Crippen LogP contribution is -2.41. The second-order valence-corrected chi connectivity index (χ2v) is 7.32. The summed E-state index contributed by atoms with van der Waals surface area (Å²) in [5.41, 5.74) is 6.00. The van der Waals surface area contributed by atoms with Crippen LogP contribution < -0.4 is 21.9 Å². The molecular weight excluding hydrogens is 404 g/mol. The van der Waals surface area contributed by atoms with Gasteiger partial charge in [-0.05, 0) is 30.2 Å². The van der Waals surface area contributed by atoms with Gasteiger partial charge in [-0.15, -0.1) is 0 Å². The maximum Gasteiger partial charge on any atom is 0.330 e. The molecule has 0 aliphatic heterocycles. The van der Waals surface area contributed by atoms with E-state index in [1.807, 2.05) is 37.3 Å². The summed E-state index contributed by atoms with van der Waals surface area (Å²) in [4.78, 5) is 42.0. The van der Waals surface area contributed by atoms with Crippen molar-refractivity contribution in [2.75, 3.05) is 10.6 Å². The number of anilines is 2. The fraction of sp³-hybridized carbons (Fsp3) is 0.227. The normalized spacial score (nSPS) is 10.7. The van der Waals surface area contributed by atoms with Crippen molar-refractivity contribution < 1.29 is 4.79 Å². The Bertz CT molecular complexity index is 1160. The van der Waals surface area contributed by atoms with Crippen molar-refractivity contribution in [1.29, 1.82) is 0 Å². The smallest absolute Gasteiger partial charge is 0.330 e. The lowest BCUT2D eigenvalue weighted by molar-refractivity contribution is 0.0984. The van der Waals surface area contributed by atoms with E-state index in [0.29, 0.717) is 23.6 Å². The molecule has 0 saturated carbocycles. The summed E-state index contributed by atoms with van der Waals surface area (Å²) in [5, 5.41) is 0.398. The maximum atomic E-state index is 13.4. The van der Waals surface area contributed by atoms with E-state index in [2.05, 4.69) is 4.98 Å². The third-order valence-electron chi connectivity index (χ3n) is 4.72. The number of halogens is 1. The first-order valence-electron chi connectivity index (χ1n) is 9.66. The van der Waals surface area contributed by atoms with Crippen molar-refractivity contribution in [2.24, 2.45) is 0 Å². The average molecular weight is 427 g/mol. The van der Waals surface area contributed by atoms with Gasteiger partial charge < -0.3 is 5.73 Å². The van der Waals surface area contributed by atoms with E-state index < -0.39 is 17.2 Å². The van der Waals surface area contributed by atoms with Gasteiger partial charge in [0, 0.05) is 17.1 Å². The first kappa shape index (κ1) is 21.4. The first-order valence-corrected chi connectivity index (χ1v) is 10.0. The van der Waals surface area contributed by atoms with Gasteiger partial charge in [-0.1, -0.05) is 61.3 Å². The highest BCUT2D eigenvalue weighted by Crippen LogP contribution is 2.23. The van der Waals surface area contributed by atoms with E-state index in [0.717, 1.165) is 12.0 Å². The largest absolute Gasteiger partial charge is 0.383 e. The predicted molar refractivity (Wildman–Crippen MR) is 119 cm³/mol. The summed E-state index contributed by atoms with van der Waals surface area (Å²) in [5.74, 6) is -0.484. The minimum absolute atomic E-state index is 0.0384. The van der Waals surface area contributed by atoms with Gasteiger partial charge in [-0.25, -0.2) is 4.79 Å². The number of hydrogen-bond donors (Lipinski definition) is 2. The highest BCUT2D eigenvalue weighted by atomic mass is 35.5. The molecule has 3 aromatic rings. The lowest BCUT2D eigenvalue weighted by atomic mass is 10.1. The molecule has 7 nitrogen and oxygen atoms in total. The van der Waals surface area contributed by atoms with Crippen LogP contribution in [0.2, 0.25) is 5.02 Å². The maximum absolute atomic E-state index is 13.4. The van der Waals surface area contributed by atoms with Crippen LogP contribution in [0.3, 0.4) is 0 Å². The van der Waals surface area contributed by atoms with E-state index in [4.69, 9.17) is 17.3 Å². The van der Waals surface area contributed by atoms with Crippen LogP contribution in [-0.4, -0.2) is 15.5 Å². The summed E-state index contributed by atoms with van der Waals surface area (Å²) in [7, 11) is 0. The number of nitrogens with zero attached hydrogens (tertiary/aromatic N) is 2. The molecule has 1 aromatic heterocycles. The van der Waals surface area contributed by atoms with Gasteiger partial charge in [0.2, 0.25) is 0 Å². The number of carbonyl (C=O) groups is 1. The van der Waals surface area contributed by atoms with Crippen LogP contribution in [0.4, 0.5) is 11.5 Å². The molecular formula is C22H23ClN4O3. The third-order valence-corrected chi connectivity index (χ3v) is 4.95. The zero-order valence-electron chi connectivity index (χ0n) is 16.6. The molecule has 3 rings (SSSR count). The van der Waals surface area contributed by atoms with Crippen LogP contribution in [0.15, 0.2) is 64.2 Å². The fourth-order valence-electron chi connectivity index (χ4n) is 3.17. The zero-order chi connectivity index (χ0) is 21.7. The van der Waals surface area contributed by atoms with Crippen LogP contribution in [0.25, 0.3) is 0 Å². The van der Waals surface area contributed by atoms with Crippen molar-refractivity contribution in [3.05, 3.63) is 91.6 Å². The number of nitrogens with one attached hydrogen (secondary N) is 1. The Morgan fingerprint density at radius 3 is 2.53 bits per heavy atom. The molecule has 2 aromatic carbocycles. The van der Waals surface area contributed by atoms with Gasteiger partial charge in [0.05, 0.1) is 6.54 Å². The van der Waals surface area contributed by atoms with E-state index in [-0.39, 0.29) is 18.1 Å². The summed E-state index contributed by atoms with van der Waals surface area (Å²) in [6, 6.07) is 15.7. The quantitative estimate of drug-likeness (QED) is 0.604. The van der Waals surface area contributed by atoms with Gasteiger partial charge in [0.15, 0.2) is 5.69 Å². The van der Waals surface area contributed by atoms with Crippen molar-refractivity contribution in [3.63, 3.8) is 0 Å². The summed E-state index contributed by atoms with van der Waals surface area (Å²) in [6.45, 7) is 2.43. The number of benzene rings is 2. The topological polar surface area (TPSA) is 101 Å². The number of nitrogen functional groups attached to an aromatic ring is 1. The monoisotopic (exact) mass is 426 g/mol. The standard InChI is InChI=1S/C22H23ClN4O3/c1-2-3-12-26-19(24)18(20(28)25-22(26)30)27(14-15-8-5-4-6-9-15)21(29)16-10-7-11-17(23)13-16/h4-11,13H,2-3,12,14,24H2,1H3,(H,25,28,30). The molecule has 0 spiro atoms. The molecule has 0 fully saturated rings. The molecule has 156 valence electrons. The molecule has 0 aliphatic carbocycles. The summed E-state index contributed by atoms with van der Waals surface area (Å²) < 4.78 is 1.30. The summed E-state index contributed by atoms with van der Waals surface area (Å²) >= 11 is 6.06. The van der Waals surface area contributed by atoms with Crippen molar-refractivity contribution in [2.45, 2.75) is 32.9 Å². The highest BCUT2D eigenvalue weighted by molar-refractivity contribution is 6.31.